The Morgan fingerprint density at radius 3 is 2.72 bits per heavy atom. The number of carbonyl (C=O) groups is 1. The van der Waals surface area contributed by atoms with Gasteiger partial charge in [-0.05, 0) is 12.1 Å². The first-order valence-electron chi connectivity index (χ1n) is 5.18. The molecule has 0 aliphatic rings. The van der Waals surface area contributed by atoms with Crippen molar-refractivity contribution in [2.24, 2.45) is 7.05 Å². The van der Waals surface area contributed by atoms with E-state index >= 15 is 0 Å². The van der Waals surface area contributed by atoms with Gasteiger partial charge >= 0.3 is 6.03 Å². The zero-order valence-corrected chi connectivity index (χ0v) is 10.4. The van der Waals surface area contributed by atoms with Crippen LogP contribution in [0.4, 0.5) is 22.0 Å². The van der Waals surface area contributed by atoms with E-state index in [4.69, 9.17) is 17.3 Å². The molecule has 0 aliphatic carbocycles. The standard InChI is InChI=1S/C11H12ClN5O/c1-17-10(8(13)6-14-17)16-11(18)15-9-5-3-2-4-7(9)12/h2-6H,13H2,1H3,(H2,15,16,18). The van der Waals surface area contributed by atoms with Crippen LogP contribution in [0.5, 0.6) is 0 Å². The van der Waals surface area contributed by atoms with Crippen molar-refractivity contribution in [3.05, 3.63) is 35.5 Å². The quantitative estimate of drug-likeness (QED) is 0.779. The van der Waals surface area contributed by atoms with E-state index in [-0.39, 0.29) is 0 Å². The molecule has 0 saturated carbocycles. The van der Waals surface area contributed by atoms with Crippen LogP contribution >= 0.6 is 11.6 Å². The summed E-state index contributed by atoms with van der Waals surface area (Å²) in [6.07, 6.45) is 1.46. The number of nitrogens with one attached hydrogen (secondary N) is 2. The van der Waals surface area contributed by atoms with Gasteiger partial charge in [-0.1, -0.05) is 23.7 Å². The van der Waals surface area contributed by atoms with Crippen molar-refractivity contribution in [1.82, 2.24) is 9.78 Å². The second kappa shape index (κ2) is 4.97. The largest absolute Gasteiger partial charge is 0.394 e. The fraction of sp³-hybridized carbons (Fsp3) is 0.0909. The van der Waals surface area contributed by atoms with Gasteiger partial charge in [0, 0.05) is 7.05 Å². The highest BCUT2D eigenvalue weighted by Gasteiger charge is 2.10. The lowest BCUT2D eigenvalue weighted by molar-refractivity contribution is 0.262. The zero-order valence-electron chi connectivity index (χ0n) is 9.64. The number of carbonyl (C=O) groups excluding carboxylic acids is 1. The van der Waals surface area contributed by atoms with E-state index in [9.17, 15) is 4.79 Å². The van der Waals surface area contributed by atoms with Crippen molar-refractivity contribution in [1.29, 1.82) is 0 Å². The molecule has 1 aromatic heterocycles. The number of amides is 2. The van der Waals surface area contributed by atoms with Gasteiger partial charge in [0.05, 0.1) is 22.6 Å². The Morgan fingerprint density at radius 2 is 2.11 bits per heavy atom. The highest BCUT2D eigenvalue weighted by atomic mass is 35.5. The Kier molecular flexibility index (Phi) is 3.38. The first-order valence-corrected chi connectivity index (χ1v) is 5.55. The molecule has 0 radical (unpaired) electrons. The summed E-state index contributed by atoms with van der Waals surface area (Å²) in [6, 6.07) is 6.52. The van der Waals surface area contributed by atoms with Crippen molar-refractivity contribution >= 4 is 34.8 Å². The summed E-state index contributed by atoms with van der Waals surface area (Å²) in [4.78, 5) is 11.8. The maximum atomic E-state index is 11.8. The normalized spacial score (nSPS) is 10.1. The monoisotopic (exact) mass is 265 g/mol. The molecule has 0 atom stereocenters. The zero-order chi connectivity index (χ0) is 13.1. The average molecular weight is 266 g/mol. The fourth-order valence-electron chi connectivity index (χ4n) is 1.43. The van der Waals surface area contributed by atoms with Gasteiger partial charge in [-0.2, -0.15) is 5.10 Å². The molecule has 0 unspecified atom stereocenters. The lowest BCUT2D eigenvalue weighted by Gasteiger charge is -2.09. The minimum absolute atomic E-state index is 0.395. The van der Waals surface area contributed by atoms with Crippen LogP contribution in [-0.4, -0.2) is 15.8 Å². The SMILES string of the molecule is Cn1ncc(N)c1NC(=O)Nc1ccccc1Cl. The van der Waals surface area contributed by atoms with Crippen LogP contribution in [0.25, 0.3) is 0 Å². The van der Waals surface area contributed by atoms with Crippen LogP contribution in [0.15, 0.2) is 30.5 Å². The predicted octanol–water partition coefficient (Wildman–Crippen LogP) is 2.30. The Labute approximate surface area is 109 Å². The molecule has 2 amide bonds. The molecule has 0 spiro atoms. The number of anilines is 3. The van der Waals surface area contributed by atoms with E-state index in [2.05, 4.69) is 15.7 Å². The molecule has 7 heteroatoms. The number of urea groups is 1. The van der Waals surface area contributed by atoms with E-state index in [1.807, 2.05) is 0 Å². The number of aromatic nitrogens is 2. The van der Waals surface area contributed by atoms with E-state index in [1.54, 1.807) is 31.3 Å². The van der Waals surface area contributed by atoms with Gasteiger partial charge in [0.1, 0.15) is 0 Å². The van der Waals surface area contributed by atoms with Crippen LogP contribution in [0.1, 0.15) is 0 Å². The van der Waals surface area contributed by atoms with Gasteiger partial charge in [0.25, 0.3) is 0 Å². The van der Waals surface area contributed by atoms with E-state index < -0.39 is 6.03 Å². The number of para-hydroxylation sites is 1. The molecule has 18 heavy (non-hydrogen) atoms. The van der Waals surface area contributed by atoms with E-state index in [0.717, 1.165) is 0 Å². The summed E-state index contributed by atoms with van der Waals surface area (Å²) < 4.78 is 1.47. The molecule has 0 aliphatic heterocycles. The first-order chi connectivity index (χ1) is 8.58. The topological polar surface area (TPSA) is 85.0 Å². The first kappa shape index (κ1) is 12.3. The Hall–Kier alpha value is -2.21. The number of aryl methyl sites for hydroxylation is 1. The molecular formula is C11H12ClN5O. The van der Waals surface area contributed by atoms with Crippen molar-refractivity contribution in [3.8, 4) is 0 Å². The van der Waals surface area contributed by atoms with Gasteiger partial charge in [-0.15, -0.1) is 0 Å². The lowest BCUT2D eigenvalue weighted by Crippen LogP contribution is -2.21. The second-order valence-electron chi connectivity index (χ2n) is 3.63. The maximum Gasteiger partial charge on any atom is 0.324 e. The van der Waals surface area contributed by atoms with Gasteiger partial charge < -0.3 is 11.1 Å². The number of halogens is 1. The average Bonchev–Trinajstić information content (AvgIpc) is 2.64. The van der Waals surface area contributed by atoms with Crippen molar-refractivity contribution in [2.75, 3.05) is 16.4 Å². The second-order valence-corrected chi connectivity index (χ2v) is 4.04. The Balaban J connectivity index is 2.08. The molecule has 94 valence electrons. The van der Waals surface area contributed by atoms with Crippen LogP contribution < -0.4 is 16.4 Å². The summed E-state index contributed by atoms with van der Waals surface area (Å²) in [6.45, 7) is 0. The third-order valence-electron chi connectivity index (χ3n) is 2.32. The summed E-state index contributed by atoms with van der Waals surface area (Å²) in [5.74, 6) is 0.430. The molecule has 6 nitrogen and oxygen atoms in total. The number of nitrogens with zero attached hydrogens (tertiary/aromatic N) is 2. The summed E-state index contributed by atoms with van der Waals surface area (Å²) in [5, 5.41) is 9.61. The maximum absolute atomic E-state index is 11.8. The van der Waals surface area contributed by atoms with E-state index in [0.29, 0.717) is 22.2 Å². The molecule has 0 bridgehead atoms. The van der Waals surface area contributed by atoms with Crippen LogP contribution in [0.2, 0.25) is 5.02 Å². The summed E-state index contributed by atoms with van der Waals surface area (Å²) >= 11 is 5.93. The molecular weight excluding hydrogens is 254 g/mol. The number of hydrogen-bond donors (Lipinski definition) is 3. The number of nitrogens with two attached hydrogens (primary N) is 1. The van der Waals surface area contributed by atoms with E-state index in [1.165, 1.54) is 10.9 Å². The highest BCUT2D eigenvalue weighted by molar-refractivity contribution is 6.33. The van der Waals surface area contributed by atoms with Crippen LogP contribution in [-0.2, 0) is 7.05 Å². The number of benzene rings is 1. The Bertz CT molecular complexity index is 561. The minimum atomic E-state index is -0.432. The van der Waals surface area contributed by atoms with Crippen LogP contribution in [0.3, 0.4) is 0 Å². The predicted molar refractivity (Wildman–Crippen MR) is 71.7 cm³/mol. The lowest BCUT2D eigenvalue weighted by atomic mass is 10.3. The van der Waals surface area contributed by atoms with Crippen molar-refractivity contribution in [3.63, 3.8) is 0 Å². The fourth-order valence-corrected chi connectivity index (χ4v) is 1.61. The Morgan fingerprint density at radius 1 is 1.39 bits per heavy atom. The third-order valence-corrected chi connectivity index (χ3v) is 2.65. The van der Waals surface area contributed by atoms with Crippen LogP contribution in [0, 0.1) is 0 Å². The molecule has 4 N–H and O–H groups in total. The number of hydrogen-bond acceptors (Lipinski definition) is 3. The highest BCUT2D eigenvalue weighted by Crippen LogP contribution is 2.21. The molecule has 2 aromatic rings. The summed E-state index contributed by atoms with van der Waals surface area (Å²) in [5.41, 5.74) is 6.58. The molecule has 0 fully saturated rings. The smallest absolute Gasteiger partial charge is 0.324 e. The van der Waals surface area contributed by atoms with Gasteiger partial charge in [0.15, 0.2) is 5.82 Å². The summed E-state index contributed by atoms with van der Waals surface area (Å²) in [7, 11) is 1.68. The number of rotatable bonds is 2. The van der Waals surface area contributed by atoms with Gasteiger partial charge in [0.2, 0.25) is 0 Å². The molecule has 0 saturated heterocycles. The van der Waals surface area contributed by atoms with Gasteiger partial charge in [-0.25, -0.2) is 4.79 Å². The molecule has 1 aromatic carbocycles. The molecule has 2 rings (SSSR count). The third kappa shape index (κ3) is 2.54. The molecule has 1 heterocycles. The van der Waals surface area contributed by atoms with Crippen molar-refractivity contribution in [2.45, 2.75) is 0 Å². The number of nitrogen functional groups attached to an aromatic ring is 1. The van der Waals surface area contributed by atoms with Gasteiger partial charge in [-0.3, -0.25) is 10.00 Å². The van der Waals surface area contributed by atoms with Crippen molar-refractivity contribution < 1.29 is 4.79 Å². The minimum Gasteiger partial charge on any atom is -0.394 e.